The van der Waals surface area contributed by atoms with Gasteiger partial charge in [-0.1, -0.05) is 30.3 Å². The zero-order valence-electron chi connectivity index (χ0n) is 17.2. The van der Waals surface area contributed by atoms with Crippen LogP contribution in [0.2, 0.25) is 0 Å². The number of hydrogen-bond donors (Lipinski definition) is 0. The minimum absolute atomic E-state index is 0.00414. The molecule has 0 saturated heterocycles. The highest BCUT2D eigenvalue weighted by molar-refractivity contribution is 6.06. The summed E-state index contributed by atoms with van der Waals surface area (Å²) in [6.07, 6.45) is 3.06. The highest BCUT2D eigenvalue weighted by atomic mass is 19.3. The van der Waals surface area contributed by atoms with E-state index in [1.165, 1.54) is 37.5 Å². The van der Waals surface area contributed by atoms with Gasteiger partial charge in [-0.3, -0.25) is 4.79 Å². The van der Waals surface area contributed by atoms with E-state index in [2.05, 4.69) is 9.47 Å². The lowest BCUT2D eigenvalue weighted by Gasteiger charge is -2.07. The smallest absolute Gasteiger partial charge is 0.387 e. The Hall–Kier alpha value is -4.00. The second-order valence-electron chi connectivity index (χ2n) is 6.65. The van der Waals surface area contributed by atoms with Crippen molar-refractivity contribution < 1.29 is 32.6 Å². The summed E-state index contributed by atoms with van der Waals surface area (Å²) in [7, 11) is 1.33. The van der Waals surface area contributed by atoms with Crippen LogP contribution in [0, 0.1) is 0 Å². The molecule has 0 spiro atoms. The Balaban J connectivity index is 1.53. The van der Waals surface area contributed by atoms with Crippen molar-refractivity contribution >= 4 is 17.8 Å². The first-order valence-electron chi connectivity index (χ1n) is 9.62. The molecule has 0 bridgehead atoms. The normalized spacial score (nSPS) is 10.9. The summed E-state index contributed by atoms with van der Waals surface area (Å²) in [6, 6.07) is 19.6. The summed E-state index contributed by atoms with van der Waals surface area (Å²) in [5.41, 5.74) is 2.53. The molecule has 0 unspecified atom stereocenters. The minimum atomic E-state index is -2.91. The number of ketones is 1. The summed E-state index contributed by atoms with van der Waals surface area (Å²) < 4.78 is 39.0. The van der Waals surface area contributed by atoms with E-state index in [4.69, 9.17) is 4.74 Å². The quantitative estimate of drug-likeness (QED) is 0.249. The molecule has 0 N–H and O–H groups in total. The lowest BCUT2D eigenvalue weighted by atomic mass is 10.1. The van der Waals surface area contributed by atoms with Gasteiger partial charge in [0.25, 0.3) is 0 Å². The molecule has 0 heterocycles. The van der Waals surface area contributed by atoms with Crippen LogP contribution in [0.4, 0.5) is 8.78 Å². The second kappa shape index (κ2) is 10.9. The van der Waals surface area contributed by atoms with Gasteiger partial charge in [-0.25, -0.2) is 4.79 Å². The number of ether oxygens (including phenoxy) is 3. The fraction of sp³-hybridized carbons (Fsp3) is 0.120. The van der Waals surface area contributed by atoms with E-state index in [1.54, 1.807) is 54.6 Å². The first-order valence-corrected chi connectivity index (χ1v) is 9.62. The number of methoxy groups -OCH3 is 1. The molecule has 3 aromatic rings. The van der Waals surface area contributed by atoms with Gasteiger partial charge in [0.05, 0.1) is 12.7 Å². The van der Waals surface area contributed by atoms with Crippen molar-refractivity contribution in [2.45, 2.75) is 13.2 Å². The fourth-order valence-corrected chi connectivity index (χ4v) is 2.77. The van der Waals surface area contributed by atoms with Crippen molar-refractivity contribution in [2.24, 2.45) is 0 Å². The zero-order valence-corrected chi connectivity index (χ0v) is 17.2. The molecule has 0 fully saturated rings. The van der Waals surface area contributed by atoms with Gasteiger partial charge >= 0.3 is 12.6 Å². The van der Waals surface area contributed by atoms with E-state index < -0.39 is 12.6 Å². The third kappa shape index (κ3) is 6.50. The van der Waals surface area contributed by atoms with Crippen molar-refractivity contribution in [1.82, 2.24) is 0 Å². The van der Waals surface area contributed by atoms with Crippen molar-refractivity contribution in [3.05, 3.63) is 101 Å². The number of benzene rings is 3. The Bertz CT molecular complexity index is 1070. The zero-order chi connectivity index (χ0) is 22.9. The summed E-state index contributed by atoms with van der Waals surface area (Å²) in [5, 5.41) is 0. The van der Waals surface area contributed by atoms with E-state index in [-0.39, 0.29) is 11.5 Å². The molecule has 5 nitrogen and oxygen atoms in total. The van der Waals surface area contributed by atoms with E-state index in [0.29, 0.717) is 23.5 Å². The standard InChI is InChI=1S/C25H20F2O5/c1-30-24(29)20-7-2-18(3-8-20)16-31-21-11-4-17(5-12-21)6-15-23(28)19-9-13-22(14-10-19)32-25(26)27/h2-15,25H,16H2,1H3. The molecule has 0 radical (unpaired) electrons. The van der Waals surface area contributed by atoms with Crippen molar-refractivity contribution in [3.8, 4) is 11.5 Å². The van der Waals surface area contributed by atoms with Gasteiger partial charge in [-0.2, -0.15) is 8.78 Å². The number of alkyl halides is 2. The number of esters is 1. The molecular weight excluding hydrogens is 418 g/mol. The van der Waals surface area contributed by atoms with Crippen LogP contribution in [0.1, 0.15) is 31.8 Å². The topological polar surface area (TPSA) is 61.8 Å². The van der Waals surface area contributed by atoms with E-state index >= 15 is 0 Å². The predicted octanol–water partition coefficient (Wildman–Crippen LogP) is 5.55. The monoisotopic (exact) mass is 438 g/mol. The maximum atomic E-state index is 12.2. The van der Waals surface area contributed by atoms with Gasteiger partial charge in [-0.15, -0.1) is 0 Å². The van der Waals surface area contributed by atoms with Crippen LogP contribution in [0.3, 0.4) is 0 Å². The third-order valence-electron chi connectivity index (χ3n) is 4.45. The molecule has 7 heteroatoms. The Kier molecular flexibility index (Phi) is 7.70. The largest absolute Gasteiger partial charge is 0.489 e. The van der Waals surface area contributed by atoms with E-state index in [0.717, 1.165) is 11.1 Å². The first-order chi connectivity index (χ1) is 15.4. The van der Waals surface area contributed by atoms with Crippen molar-refractivity contribution in [1.29, 1.82) is 0 Å². The number of rotatable bonds is 9. The van der Waals surface area contributed by atoms with Gasteiger partial charge in [0.2, 0.25) is 0 Å². The SMILES string of the molecule is COC(=O)c1ccc(COc2ccc(C=CC(=O)c3ccc(OC(F)F)cc3)cc2)cc1. The Morgan fingerprint density at radius 3 is 2.03 bits per heavy atom. The van der Waals surface area contributed by atoms with Crippen LogP contribution < -0.4 is 9.47 Å². The number of halogens is 2. The molecule has 3 aromatic carbocycles. The lowest BCUT2D eigenvalue weighted by molar-refractivity contribution is -0.0498. The summed E-state index contributed by atoms with van der Waals surface area (Å²) >= 11 is 0. The molecule has 0 aliphatic rings. The van der Waals surface area contributed by atoms with Gasteiger partial charge in [0.15, 0.2) is 5.78 Å². The Morgan fingerprint density at radius 2 is 1.44 bits per heavy atom. The van der Waals surface area contributed by atoms with Crippen LogP contribution in [-0.2, 0) is 11.3 Å². The first kappa shape index (κ1) is 22.7. The third-order valence-corrected chi connectivity index (χ3v) is 4.45. The average Bonchev–Trinajstić information content (AvgIpc) is 2.82. The number of carbonyl (C=O) groups excluding carboxylic acids is 2. The molecule has 164 valence electrons. The Labute approximate surface area is 183 Å². The van der Waals surface area contributed by atoms with Gasteiger partial charge < -0.3 is 14.2 Å². The van der Waals surface area contributed by atoms with E-state index in [1.807, 2.05) is 0 Å². The Morgan fingerprint density at radius 1 is 0.844 bits per heavy atom. The minimum Gasteiger partial charge on any atom is -0.489 e. The summed E-state index contributed by atoms with van der Waals surface area (Å²) in [4.78, 5) is 23.7. The molecule has 0 atom stereocenters. The molecular formula is C25H20F2O5. The van der Waals surface area contributed by atoms with Gasteiger partial charge in [-0.05, 0) is 65.7 Å². The molecule has 0 saturated carbocycles. The molecule has 32 heavy (non-hydrogen) atoms. The molecule has 0 aromatic heterocycles. The van der Waals surface area contributed by atoms with Gasteiger partial charge in [0, 0.05) is 5.56 Å². The maximum absolute atomic E-state index is 12.2. The van der Waals surface area contributed by atoms with Crippen LogP contribution in [-0.4, -0.2) is 25.5 Å². The van der Waals surface area contributed by atoms with Crippen LogP contribution >= 0.6 is 0 Å². The molecule has 0 amide bonds. The van der Waals surface area contributed by atoms with E-state index in [9.17, 15) is 18.4 Å². The molecule has 3 rings (SSSR count). The highest BCUT2D eigenvalue weighted by Crippen LogP contribution is 2.18. The lowest BCUT2D eigenvalue weighted by Crippen LogP contribution is -2.02. The average molecular weight is 438 g/mol. The van der Waals surface area contributed by atoms with Crippen LogP contribution in [0.15, 0.2) is 78.9 Å². The summed E-state index contributed by atoms with van der Waals surface area (Å²) in [6.45, 7) is -2.57. The van der Waals surface area contributed by atoms with Gasteiger partial charge in [0.1, 0.15) is 18.1 Å². The van der Waals surface area contributed by atoms with Crippen LogP contribution in [0.25, 0.3) is 6.08 Å². The van der Waals surface area contributed by atoms with Crippen LogP contribution in [0.5, 0.6) is 11.5 Å². The van der Waals surface area contributed by atoms with Crippen molar-refractivity contribution in [3.63, 3.8) is 0 Å². The molecule has 0 aliphatic heterocycles. The second-order valence-corrected chi connectivity index (χ2v) is 6.65. The van der Waals surface area contributed by atoms with Crippen molar-refractivity contribution in [2.75, 3.05) is 7.11 Å². The predicted molar refractivity (Wildman–Crippen MR) is 115 cm³/mol. The number of hydrogen-bond acceptors (Lipinski definition) is 5. The summed E-state index contributed by atoms with van der Waals surface area (Å²) in [5.74, 6) is -0.00245. The number of carbonyl (C=O) groups is 2. The maximum Gasteiger partial charge on any atom is 0.387 e. The molecule has 0 aliphatic carbocycles. The fourth-order valence-electron chi connectivity index (χ4n) is 2.77. The number of allylic oxidation sites excluding steroid dienone is 1. The highest BCUT2D eigenvalue weighted by Gasteiger charge is 2.07.